The minimum Gasteiger partial charge on any atom is -0.469 e. The molecule has 0 fully saturated rings. The molecule has 0 N–H and O–H groups in total. The number of pyridine rings is 1. The molecule has 17 heavy (non-hydrogen) atoms. The molecule has 1 aromatic rings. The summed E-state index contributed by atoms with van der Waals surface area (Å²) in [5.74, 6) is -1.60. The topological polar surface area (TPSA) is 82.3 Å². The first-order chi connectivity index (χ1) is 7.97. The largest absolute Gasteiger partial charge is 0.469 e. The fourth-order valence-electron chi connectivity index (χ4n) is 1.26. The summed E-state index contributed by atoms with van der Waals surface area (Å²) >= 11 is 0. The third-order valence-electron chi connectivity index (χ3n) is 2.03. The van der Waals surface area contributed by atoms with Gasteiger partial charge in [-0.1, -0.05) is 0 Å². The molecular formula is C9H8F2N2O4. The van der Waals surface area contributed by atoms with Crippen LogP contribution in [0.15, 0.2) is 12.3 Å². The minimum atomic E-state index is -2.92. The molecule has 0 saturated heterocycles. The van der Waals surface area contributed by atoms with Crippen molar-refractivity contribution in [2.75, 3.05) is 7.11 Å². The van der Waals surface area contributed by atoms with E-state index in [1.165, 1.54) is 0 Å². The molecule has 1 heterocycles. The maximum Gasteiger partial charge on any atom is 0.367 e. The van der Waals surface area contributed by atoms with Crippen molar-refractivity contribution in [2.24, 2.45) is 0 Å². The van der Waals surface area contributed by atoms with Crippen molar-refractivity contribution in [3.05, 3.63) is 33.5 Å². The fourth-order valence-corrected chi connectivity index (χ4v) is 1.26. The maximum absolute atomic E-state index is 12.6. The van der Waals surface area contributed by atoms with Gasteiger partial charge in [-0.25, -0.2) is 8.78 Å². The van der Waals surface area contributed by atoms with Crippen LogP contribution in [0.5, 0.6) is 0 Å². The number of methoxy groups -OCH3 is 1. The van der Waals surface area contributed by atoms with Gasteiger partial charge in [-0.3, -0.25) is 4.79 Å². The number of carbonyl (C=O) groups excluding carboxylic acids is 1. The van der Waals surface area contributed by atoms with Gasteiger partial charge in [0, 0.05) is 5.56 Å². The predicted molar refractivity (Wildman–Crippen MR) is 51.6 cm³/mol. The first-order valence-corrected chi connectivity index (χ1v) is 4.44. The second kappa shape index (κ2) is 5.28. The van der Waals surface area contributed by atoms with E-state index in [9.17, 15) is 23.7 Å². The van der Waals surface area contributed by atoms with Gasteiger partial charge in [0.2, 0.25) is 0 Å². The van der Waals surface area contributed by atoms with Gasteiger partial charge in [-0.05, 0) is 16.0 Å². The van der Waals surface area contributed by atoms with Crippen LogP contribution in [0.25, 0.3) is 0 Å². The summed E-state index contributed by atoms with van der Waals surface area (Å²) in [4.78, 5) is 24.1. The number of nitro groups is 1. The smallest absolute Gasteiger partial charge is 0.367 e. The van der Waals surface area contributed by atoms with Gasteiger partial charge < -0.3 is 14.9 Å². The third-order valence-corrected chi connectivity index (χ3v) is 2.03. The molecule has 6 nitrogen and oxygen atoms in total. The Kier molecular flexibility index (Phi) is 4.02. The normalized spacial score (nSPS) is 10.4. The fraction of sp³-hybridized carbons (Fsp3) is 0.333. The second-order valence-corrected chi connectivity index (χ2v) is 3.01. The van der Waals surface area contributed by atoms with Crippen molar-refractivity contribution in [1.29, 1.82) is 0 Å². The number of hydrogen-bond acceptors (Lipinski definition) is 5. The maximum atomic E-state index is 12.6. The SMILES string of the molecule is COC(=O)Cc1c(C(F)F)ccnc1[N+](=O)[O-]. The molecule has 0 aliphatic rings. The summed E-state index contributed by atoms with van der Waals surface area (Å²) in [5, 5.41) is 10.6. The van der Waals surface area contributed by atoms with E-state index in [1.807, 2.05) is 0 Å². The van der Waals surface area contributed by atoms with E-state index in [-0.39, 0.29) is 0 Å². The summed E-state index contributed by atoms with van der Waals surface area (Å²) in [6, 6.07) is 0.940. The van der Waals surface area contributed by atoms with Crippen LogP contribution < -0.4 is 0 Å². The van der Waals surface area contributed by atoms with E-state index in [0.717, 1.165) is 19.4 Å². The quantitative estimate of drug-likeness (QED) is 0.458. The summed E-state index contributed by atoms with van der Waals surface area (Å²) in [6.07, 6.45) is -2.63. The molecule has 1 aromatic heterocycles. The Morgan fingerprint density at radius 2 is 2.29 bits per heavy atom. The highest BCUT2D eigenvalue weighted by Gasteiger charge is 2.26. The number of aromatic nitrogens is 1. The van der Waals surface area contributed by atoms with Gasteiger partial charge in [0.15, 0.2) is 0 Å². The Labute approximate surface area is 94.4 Å². The number of rotatable bonds is 4. The molecule has 1 rings (SSSR count). The number of nitrogens with zero attached hydrogens (tertiary/aromatic N) is 2. The van der Waals surface area contributed by atoms with Gasteiger partial charge in [0.25, 0.3) is 6.43 Å². The number of carbonyl (C=O) groups is 1. The van der Waals surface area contributed by atoms with Crippen molar-refractivity contribution in [3.8, 4) is 0 Å². The average Bonchev–Trinajstić information content (AvgIpc) is 2.28. The molecule has 0 aliphatic heterocycles. The third kappa shape index (κ3) is 2.92. The standard InChI is InChI=1S/C9H8F2N2O4/c1-17-7(14)4-6-5(8(10)11)2-3-12-9(6)13(15)16/h2-3,8H,4H2,1H3. The van der Waals surface area contributed by atoms with Crippen LogP contribution in [0.3, 0.4) is 0 Å². The Morgan fingerprint density at radius 1 is 1.65 bits per heavy atom. The minimum absolute atomic E-state index is 0.417. The van der Waals surface area contributed by atoms with E-state index in [0.29, 0.717) is 0 Å². The van der Waals surface area contributed by atoms with Crippen molar-refractivity contribution >= 4 is 11.8 Å². The lowest BCUT2D eigenvalue weighted by molar-refractivity contribution is -0.390. The van der Waals surface area contributed by atoms with Gasteiger partial charge in [0.1, 0.15) is 6.20 Å². The molecule has 0 unspecified atom stereocenters. The molecule has 92 valence electrons. The van der Waals surface area contributed by atoms with Crippen LogP contribution in [0.2, 0.25) is 0 Å². The number of hydrogen-bond donors (Lipinski definition) is 0. The average molecular weight is 246 g/mol. The van der Waals surface area contributed by atoms with Crippen molar-refractivity contribution in [1.82, 2.24) is 4.98 Å². The van der Waals surface area contributed by atoms with Gasteiger partial charge in [-0.15, -0.1) is 0 Å². The highest BCUT2D eigenvalue weighted by atomic mass is 19.3. The first-order valence-electron chi connectivity index (χ1n) is 4.44. The molecule has 8 heteroatoms. The van der Waals surface area contributed by atoms with E-state index in [4.69, 9.17) is 0 Å². The van der Waals surface area contributed by atoms with Crippen LogP contribution in [0.4, 0.5) is 14.6 Å². The van der Waals surface area contributed by atoms with E-state index in [1.54, 1.807) is 0 Å². The second-order valence-electron chi connectivity index (χ2n) is 3.01. The van der Waals surface area contributed by atoms with E-state index >= 15 is 0 Å². The van der Waals surface area contributed by atoms with E-state index in [2.05, 4.69) is 9.72 Å². The van der Waals surface area contributed by atoms with Gasteiger partial charge >= 0.3 is 11.8 Å². The lowest BCUT2D eigenvalue weighted by atomic mass is 10.1. The molecule has 0 saturated carbocycles. The molecule has 0 aromatic carbocycles. The van der Waals surface area contributed by atoms with E-state index < -0.39 is 40.7 Å². The Balaban J connectivity index is 3.28. The first kappa shape index (κ1) is 12.9. The zero-order valence-electron chi connectivity index (χ0n) is 8.72. The Morgan fingerprint density at radius 3 is 2.76 bits per heavy atom. The van der Waals surface area contributed by atoms with Crippen LogP contribution in [-0.4, -0.2) is 23.0 Å². The highest BCUT2D eigenvalue weighted by Crippen LogP contribution is 2.28. The molecular weight excluding hydrogens is 238 g/mol. The number of alkyl halides is 2. The van der Waals surface area contributed by atoms with Gasteiger partial charge in [0.05, 0.1) is 19.1 Å². The Hall–Kier alpha value is -2.12. The number of ether oxygens (including phenoxy) is 1. The highest BCUT2D eigenvalue weighted by molar-refractivity contribution is 5.74. The number of halogens is 2. The molecule has 0 atom stereocenters. The lowest BCUT2D eigenvalue weighted by Gasteiger charge is -2.07. The van der Waals surface area contributed by atoms with Crippen molar-refractivity contribution in [2.45, 2.75) is 12.8 Å². The lowest BCUT2D eigenvalue weighted by Crippen LogP contribution is -2.11. The number of esters is 1. The molecule has 0 bridgehead atoms. The monoisotopic (exact) mass is 246 g/mol. The molecule has 0 amide bonds. The molecule has 0 spiro atoms. The van der Waals surface area contributed by atoms with Crippen molar-refractivity contribution < 1.29 is 23.2 Å². The summed E-state index contributed by atoms with van der Waals surface area (Å²) in [5.41, 5.74) is -1.00. The van der Waals surface area contributed by atoms with Crippen LogP contribution >= 0.6 is 0 Å². The zero-order valence-corrected chi connectivity index (χ0v) is 8.72. The predicted octanol–water partition coefficient (Wildman–Crippen LogP) is 1.64. The summed E-state index contributed by atoms with van der Waals surface area (Å²) < 4.78 is 29.5. The van der Waals surface area contributed by atoms with Crippen LogP contribution in [0.1, 0.15) is 17.6 Å². The van der Waals surface area contributed by atoms with Crippen LogP contribution in [-0.2, 0) is 16.0 Å². The molecule has 0 aliphatic carbocycles. The van der Waals surface area contributed by atoms with Gasteiger partial charge in [-0.2, -0.15) is 0 Å². The Bertz CT molecular complexity index is 451. The molecule has 0 radical (unpaired) electrons. The van der Waals surface area contributed by atoms with Crippen LogP contribution in [0, 0.1) is 10.1 Å². The summed E-state index contributed by atoms with van der Waals surface area (Å²) in [7, 11) is 1.06. The zero-order chi connectivity index (χ0) is 13.0. The van der Waals surface area contributed by atoms with Crippen molar-refractivity contribution in [3.63, 3.8) is 0 Å². The summed E-state index contributed by atoms with van der Waals surface area (Å²) in [6.45, 7) is 0.